The summed E-state index contributed by atoms with van der Waals surface area (Å²) in [5, 5.41) is 13.8. The Hall–Kier alpha value is -4.15. The highest BCUT2D eigenvalue weighted by molar-refractivity contribution is 5.76. The molecule has 2 aromatic carbocycles. The van der Waals surface area contributed by atoms with Crippen LogP contribution in [0.15, 0.2) is 49.1 Å². The van der Waals surface area contributed by atoms with Gasteiger partial charge in [-0.2, -0.15) is 9.37 Å². The number of ether oxygens (including phenoxy) is 1. The molecule has 0 aliphatic rings. The van der Waals surface area contributed by atoms with Crippen LogP contribution in [0.3, 0.4) is 0 Å². The average Bonchev–Trinajstić information content (AvgIpc) is 3.13. The first-order valence-corrected chi connectivity index (χ1v) is 7.97. The molecule has 2 heterocycles. The van der Waals surface area contributed by atoms with Gasteiger partial charge in [0.25, 0.3) is 0 Å². The molecular formula is C17H12FN7O3. The van der Waals surface area contributed by atoms with Gasteiger partial charge in [0.1, 0.15) is 18.4 Å². The fourth-order valence-corrected chi connectivity index (χ4v) is 2.65. The standard InChI is InChI=1S/C17H12FN7O3/c1-28-15-6-10(18)14(25(26)27)7-12(15)22-16-19-8-20-17(23-16)24-9-21-11-4-2-3-5-13(11)24/h2-9H,1H3,(H,19,20,22,23). The van der Waals surface area contributed by atoms with Crippen LogP contribution in [0.4, 0.5) is 21.7 Å². The van der Waals surface area contributed by atoms with Crippen LogP contribution in [0.1, 0.15) is 0 Å². The molecule has 4 aromatic rings. The van der Waals surface area contributed by atoms with Crippen molar-refractivity contribution in [3.8, 4) is 11.7 Å². The average molecular weight is 381 g/mol. The van der Waals surface area contributed by atoms with Gasteiger partial charge >= 0.3 is 5.69 Å². The third-order valence-corrected chi connectivity index (χ3v) is 3.94. The first kappa shape index (κ1) is 17.3. The maximum atomic E-state index is 13.8. The molecule has 0 saturated carbocycles. The Morgan fingerprint density at radius 2 is 2.04 bits per heavy atom. The number of hydrogen-bond acceptors (Lipinski definition) is 8. The van der Waals surface area contributed by atoms with E-state index in [0.29, 0.717) is 5.95 Å². The molecule has 0 unspecified atom stereocenters. The van der Waals surface area contributed by atoms with Crippen molar-refractivity contribution in [3.63, 3.8) is 0 Å². The number of fused-ring (bicyclic) bond motifs is 1. The number of nitro benzene ring substituents is 1. The first-order chi connectivity index (χ1) is 13.6. The molecule has 4 rings (SSSR count). The largest absolute Gasteiger partial charge is 0.494 e. The van der Waals surface area contributed by atoms with Gasteiger partial charge in [-0.1, -0.05) is 12.1 Å². The summed E-state index contributed by atoms with van der Waals surface area (Å²) in [6, 6.07) is 9.40. The minimum atomic E-state index is -1.01. The number of rotatable bonds is 5. The number of methoxy groups -OCH3 is 1. The summed E-state index contributed by atoms with van der Waals surface area (Å²) < 4.78 is 20.6. The number of nitro groups is 1. The molecule has 10 nitrogen and oxygen atoms in total. The molecule has 0 fully saturated rings. The summed E-state index contributed by atoms with van der Waals surface area (Å²) >= 11 is 0. The highest BCUT2D eigenvalue weighted by Crippen LogP contribution is 2.33. The fraction of sp³-hybridized carbons (Fsp3) is 0.0588. The van der Waals surface area contributed by atoms with E-state index in [1.165, 1.54) is 13.4 Å². The number of para-hydroxylation sites is 2. The molecule has 0 spiro atoms. The summed E-state index contributed by atoms with van der Waals surface area (Å²) in [7, 11) is 1.32. The van der Waals surface area contributed by atoms with Crippen molar-refractivity contribution in [1.82, 2.24) is 24.5 Å². The maximum Gasteiger partial charge on any atom is 0.307 e. The van der Waals surface area contributed by atoms with Crippen LogP contribution < -0.4 is 10.1 Å². The number of nitrogens with one attached hydrogen (secondary N) is 1. The number of anilines is 2. The predicted molar refractivity (Wildman–Crippen MR) is 97.3 cm³/mol. The highest BCUT2D eigenvalue weighted by Gasteiger charge is 2.20. The molecule has 0 aliphatic heterocycles. The molecule has 140 valence electrons. The van der Waals surface area contributed by atoms with Crippen molar-refractivity contribution < 1.29 is 14.1 Å². The number of aromatic nitrogens is 5. The Labute approximate surface area is 156 Å². The van der Waals surface area contributed by atoms with Crippen LogP contribution in [0.5, 0.6) is 5.75 Å². The smallest absolute Gasteiger partial charge is 0.307 e. The zero-order valence-corrected chi connectivity index (χ0v) is 14.4. The summed E-state index contributed by atoms with van der Waals surface area (Å²) in [6.07, 6.45) is 2.86. The zero-order valence-electron chi connectivity index (χ0n) is 14.4. The molecule has 11 heteroatoms. The molecule has 1 N–H and O–H groups in total. The Bertz CT molecular complexity index is 1190. The van der Waals surface area contributed by atoms with E-state index < -0.39 is 16.4 Å². The molecule has 0 saturated heterocycles. The van der Waals surface area contributed by atoms with Gasteiger partial charge in [0.2, 0.25) is 17.7 Å². The molecule has 2 aromatic heterocycles. The van der Waals surface area contributed by atoms with E-state index >= 15 is 0 Å². The Morgan fingerprint density at radius 1 is 1.21 bits per heavy atom. The fourth-order valence-electron chi connectivity index (χ4n) is 2.65. The highest BCUT2D eigenvalue weighted by atomic mass is 19.1. The number of halogens is 1. The van der Waals surface area contributed by atoms with Crippen LogP contribution in [-0.2, 0) is 0 Å². The van der Waals surface area contributed by atoms with Crippen LogP contribution in [0.2, 0.25) is 0 Å². The van der Waals surface area contributed by atoms with E-state index in [2.05, 4.69) is 25.3 Å². The van der Waals surface area contributed by atoms with Crippen LogP contribution >= 0.6 is 0 Å². The molecular weight excluding hydrogens is 369 g/mol. The van der Waals surface area contributed by atoms with E-state index in [0.717, 1.165) is 23.2 Å². The maximum absolute atomic E-state index is 13.8. The lowest BCUT2D eigenvalue weighted by Gasteiger charge is -2.11. The molecule has 28 heavy (non-hydrogen) atoms. The number of nitrogens with zero attached hydrogens (tertiary/aromatic N) is 6. The number of imidazole rings is 1. The second-order valence-corrected chi connectivity index (χ2v) is 5.60. The summed E-state index contributed by atoms with van der Waals surface area (Å²) in [5.41, 5.74) is 1.02. The van der Waals surface area contributed by atoms with Crippen molar-refractivity contribution in [2.75, 3.05) is 12.4 Å². The topological polar surface area (TPSA) is 121 Å². The predicted octanol–water partition coefficient (Wildman–Crippen LogP) is 3.01. The van der Waals surface area contributed by atoms with Gasteiger partial charge in [0, 0.05) is 12.1 Å². The molecule has 0 radical (unpaired) electrons. The van der Waals surface area contributed by atoms with Gasteiger partial charge < -0.3 is 10.1 Å². The quantitative estimate of drug-likeness (QED) is 0.414. The Balaban J connectivity index is 1.73. The van der Waals surface area contributed by atoms with Gasteiger partial charge in [-0.25, -0.2) is 15.0 Å². The van der Waals surface area contributed by atoms with E-state index in [4.69, 9.17) is 4.74 Å². The zero-order chi connectivity index (χ0) is 19.7. The summed E-state index contributed by atoms with van der Waals surface area (Å²) in [5.74, 6) is -0.546. The van der Waals surface area contributed by atoms with Crippen LogP contribution in [-0.4, -0.2) is 36.5 Å². The molecule has 0 bridgehead atoms. The lowest BCUT2D eigenvalue weighted by atomic mass is 10.2. The van der Waals surface area contributed by atoms with E-state index in [9.17, 15) is 14.5 Å². The number of benzene rings is 2. The Kier molecular flexibility index (Phi) is 4.24. The van der Waals surface area contributed by atoms with Crippen molar-refractivity contribution >= 4 is 28.4 Å². The second kappa shape index (κ2) is 6.87. The third kappa shape index (κ3) is 3.05. The lowest BCUT2D eigenvalue weighted by molar-refractivity contribution is -0.387. The normalized spacial score (nSPS) is 10.8. The van der Waals surface area contributed by atoms with Crippen LogP contribution in [0.25, 0.3) is 17.0 Å². The summed E-state index contributed by atoms with van der Waals surface area (Å²) in [4.78, 5) is 26.9. The Morgan fingerprint density at radius 3 is 2.82 bits per heavy atom. The SMILES string of the molecule is COc1cc(F)c([N+](=O)[O-])cc1Nc1ncnc(-n2cnc3ccccc32)n1. The second-order valence-electron chi connectivity index (χ2n) is 5.60. The van der Waals surface area contributed by atoms with Gasteiger partial charge in [-0.05, 0) is 12.1 Å². The van der Waals surface area contributed by atoms with E-state index in [1.54, 1.807) is 10.9 Å². The van der Waals surface area contributed by atoms with Crippen molar-refractivity contribution in [1.29, 1.82) is 0 Å². The van der Waals surface area contributed by atoms with Gasteiger partial charge in [-0.3, -0.25) is 14.7 Å². The molecule has 0 atom stereocenters. The van der Waals surface area contributed by atoms with Crippen molar-refractivity contribution in [2.24, 2.45) is 0 Å². The lowest BCUT2D eigenvalue weighted by Crippen LogP contribution is -2.06. The minimum Gasteiger partial charge on any atom is -0.494 e. The van der Waals surface area contributed by atoms with Crippen LogP contribution in [0, 0.1) is 15.9 Å². The monoisotopic (exact) mass is 381 g/mol. The van der Waals surface area contributed by atoms with Gasteiger partial charge in [-0.15, -0.1) is 0 Å². The third-order valence-electron chi connectivity index (χ3n) is 3.94. The van der Waals surface area contributed by atoms with E-state index in [-0.39, 0.29) is 17.4 Å². The van der Waals surface area contributed by atoms with Gasteiger partial charge in [0.15, 0.2) is 0 Å². The van der Waals surface area contributed by atoms with Crippen molar-refractivity contribution in [2.45, 2.75) is 0 Å². The minimum absolute atomic E-state index is 0.0677. The first-order valence-electron chi connectivity index (χ1n) is 7.97. The van der Waals surface area contributed by atoms with E-state index in [1.807, 2.05) is 24.3 Å². The molecule has 0 amide bonds. The molecule has 0 aliphatic carbocycles. The summed E-state index contributed by atoms with van der Waals surface area (Å²) in [6.45, 7) is 0. The van der Waals surface area contributed by atoms with Crippen molar-refractivity contribution in [3.05, 3.63) is 65.0 Å². The van der Waals surface area contributed by atoms with Gasteiger partial charge in [0.05, 0.1) is 28.8 Å². The number of hydrogen-bond donors (Lipinski definition) is 1.